The monoisotopic (exact) mass is 342 g/mol. The van der Waals surface area contributed by atoms with Crippen LogP contribution in [0, 0.1) is 5.41 Å². The normalized spacial score (nSPS) is 25.6. The van der Waals surface area contributed by atoms with Crippen molar-refractivity contribution in [2.75, 3.05) is 30.9 Å². The first kappa shape index (κ1) is 18.2. The standard InChI is InChI=1S/C16H26N2O4S/c1-3-7-16(12-19)11-18(8-6-14(16)20)15-5-4-13(9-17-15)10-23(2,21)22/h4-5,9,14,19-20H,3,6-8,10-12H2,1-2H3/t14-,16+/m1/s1. The van der Waals surface area contributed by atoms with Crippen LogP contribution < -0.4 is 4.90 Å². The molecule has 2 rings (SSSR count). The van der Waals surface area contributed by atoms with Gasteiger partial charge in [-0.05, 0) is 24.5 Å². The average molecular weight is 342 g/mol. The molecule has 1 aliphatic rings. The highest BCUT2D eigenvalue weighted by molar-refractivity contribution is 7.89. The van der Waals surface area contributed by atoms with Crippen LogP contribution in [0.1, 0.15) is 31.7 Å². The van der Waals surface area contributed by atoms with E-state index in [0.717, 1.165) is 18.7 Å². The van der Waals surface area contributed by atoms with Crippen molar-refractivity contribution < 1.29 is 18.6 Å². The molecule has 1 aromatic heterocycles. The van der Waals surface area contributed by atoms with Crippen molar-refractivity contribution in [3.8, 4) is 0 Å². The van der Waals surface area contributed by atoms with E-state index in [1.807, 2.05) is 13.0 Å². The number of aromatic nitrogens is 1. The molecule has 0 radical (unpaired) electrons. The van der Waals surface area contributed by atoms with Crippen LogP contribution in [0.5, 0.6) is 0 Å². The summed E-state index contributed by atoms with van der Waals surface area (Å²) in [4.78, 5) is 6.43. The Morgan fingerprint density at radius 2 is 2.17 bits per heavy atom. The Morgan fingerprint density at radius 3 is 2.70 bits per heavy atom. The van der Waals surface area contributed by atoms with Crippen molar-refractivity contribution in [3.63, 3.8) is 0 Å². The van der Waals surface area contributed by atoms with Crippen molar-refractivity contribution in [2.24, 2.45) is 5.41 Å². The van der Waals surface area contributed by atoms with Crippen LogP contribution in [0.4, 0.5) is 5.82 Å². The highest BCUT2D eigenvalue weighted by atomic mass is 32.2. The molecule has 0 spiro atoms. The van der Waals surface area contributed by atoms with Crippen molar-refractivity contribution in [2.45, 2.75) is 38.0 Å². The minimum Gasteiger partial charge on any atom is -0.396 e. The molecule has 1 aromatic rings. The summed E-state index contributed by atoms with van der Waals surface area (Å²) in [6.07, 6.45) is 4.52. The molecule has 130 valence electrons. The molecule has 0 bridgehead atoms. The van der Waals surface area contributed by atoms with Gasteiger partial charge < -0.3 is 15.1 Å². The number of sulfone groups is 1. The summed E-state index contributed by atoms with van der Waals surface area (Å²) in [7, 11) is -3.07. The Bertz CT molecular complexity index is 617. The van der Waals surface area contributed by atoms with E-state index in [9.17, 15) is 18.6 Å². The summed E-state index contributed by atoms with van der Waals surface area (Å²) in [6, 6.07) is 3.58. The number of aliphatic hydroxyl groups is 2. The van der Waals surface area contributed by atoms with Crippen LogP contribution in [0.15, 0.2) is 18.3 Å². The lowest BCUT2D eigenvalue weighted by Crippen LogP contribution is -2.54. The Morgan fingerprint density at radius 1 is 1.43 bits per heavy atom. The van der Waals surface area contributed by atoms with Gasteiger partial charge >= 0.3 is 0 Å². The van der Waals surface area contributed by atoms with Crippen molar-refractivity contribution in [1.82, 2.24) is 4.98 Å². The number of rotatable bonds is 6. The molecule has 0 unspecified atom stereocenters. The zero-order valence-corrected chi connectivity index (χ0v) is 14.6. The Kier molecular flexibility index (Phi) is 5.65. The van der Waals surface area contributed by atoms with Crippen LogP contribution in [0.3, 0.4) is 0 Å². The second-order valence-electron chi connectivity index (χ2n) is 6.59. The molecule has 0 saturated carbocycles. The SMILES string of the molecule is CCC[C@@]1(CO)CN(c2ccc(CS(C)(=O)=O)cn2)CC[C@H]1O. The zero-order valence-electron chi connectivity index (χ0n) is 13.8. The molecule has 0 aliphatic carbocycles. The second kappa shape index (κ2) is 7.15. The van der Waals surface area contributed by atoms with E-state index in [4.69, 9.17) is 0 Å². The zero-order chi connectivity index (χ0) is 17.1. The summed E-state index contributed by atoms with van der Waals surface area (Å²) >= 11 is 0. The fraction of sp³-hybridized carbons (Fsp3) is 0.688. The molecule has 23 heavy (non-hydrogen) atoms. The summed E-state index contributed by atoms with van der Waals surface area (Å²) in [5.41, 5.74) is 0.149. The van der Waals surface area contributed by atoms with Crippen molar-refractivity contribution in [3.05, 3.63) is 23.9 Å². The second-order valence-corrected chi connectivity index (χ2v) is 8.73. The number of anilines is 1. The van der Waals surface area contributed by atoms with E-state index in [-0.39, 0.29) is 12.4 Å². The first-order valence-corrected chi connectivity index (χ1v) is 10.0. The molecule has 0 aromatic carbocycles. The highest BCUT2D eigenvalue weighted by Crippen LogP contribution is 2.36. The third kappa shape index (κ3) is 4.43. The predicted octanol–water partition coefficient (Wildman–Crippen LogP) is 0.976. The lowest BCUT2D eigenvalue weighted by atomic mass is 9.74. The van der Waals surface area contributed by atoms with Crippen LogP contribution in [0.2, 0.25) is 0 Å². The van der Waals surface area contributed by atoms with Gasteiger partial charge in [-0.2, -0.15) is 0 Å². The minimum atomic E-state index is -3.07. The van der Waals surface area contributed by atoms with Gasteiger partial charge in [-0.3, -0.25) is 0 Å². The number of nitrogens with zero attached hydrogens (tertiary/aromatic N) is 2. The largest absolute Gasteiger partial charge is 0.396 e. The lowest BCUT2D eigenvalue weighted by Gasteiger charge is -2.45. The first-order valence-electron chi connectivity index (χ1n) is 7.96. The Labute approximate surface area is 138 Å². The Balaban J connectivity index is 2.15. The van der Waals surface area contributed by atoms with Gasteiger partial charge in [-0.15, -0.1) is 0 Å². The maximum atomic E-state index is 11.3. The van der Waals surface area contributed by atoms with Gasteiger partial charge in [0.05, 0.1) is 18.5 Å². The van der Waals surface area contributed by atoms with Crippen molar-refractivity contribution in [1.29, 1.82) is 0 Å². The quantitative estimate of drug-likeness (QED) is 0.801. The third-order valence-electron chi connectivity index (χ3n) is 4.51. The molecule has 0 amide bonds. The third-order valence-corrected chi connectivity index (χ3v) is 5.37. The van der Waals surface area contributed by atoms with Crippen LogP contribution in [-0.2, 0) is 15.6 Å². The van der Waals surface area contributed by atoms with Crippen molar-refractivity contribution >= 4 is 15.7 Å². The number of hydrogen-bond donors (Lipinski definition) is 2. The van der Waals surface area contributed by atoms with E-state index in [2.05, 4.69) is 9.88 Å². The van der Waals surface area contributed by atoms with Crippen LogP contribution >= 0.6 is 0 Å². The minimum absolute atomic E-state index is 0.0184. The van der Waals surface area contributed by atoms with Crippen LogP contribution in [-0.4, -0.2) is 55.7 Å². The lowest BCUT2D eigenvalue weighted by molar-refractivity contribution is -0.0353. The molecule has 1 fully saturated rings. The van der Waals surface area contributed by atoms with Gasteiger partial charge in [0.1, 0.15) is 5.82 Å². The van der Waals surface area contributed by atoms with Gasteiger partial charge in [0.2, 0.25) is 0 Å². The average Bonchev–Trinajstić information content (AvgIpc) is 2.49. The van der Waals surface area contributed by atoms with Gasteiger partial charge in [0.25, 0.3) is 0 Å². The summed E-state index contributed by atoms with van der Waals surface area (Å²) in [6.45, 7) is 3.22. The number of piperidine rings is 1. The molecule has 2 heterocycles. The Hall–Kier alpha value is -1.18. The van der Waals surface area contributed by atoms with E-state index < -0.39 is 21.4 Å². The highest BCUT2D eigenvalue weighted by Gasteiger charge is 2.41. The molecule has 1 aliphatic heterocycles. The molecule has 1 saturated heterocycles. The first-order chi connectivity index (χ1) is 10.8. The summed E-state index contributed by atoms with van der Waals surface area (Å²) in [5, 5.41) is 20.1. The van der Waals surface area contributed by atoms with E-state index in [0.29, 0.717) is 25.1 Å². The van der Waals surface area contributed by atoms with Gasteiger partial charge in [-0.1, -0.05) is 19.4 Å². The fourth-order valence-corrected chi connectivity index (χ4v) is 4.09. The van der Waals surface area contributed by atoms with Gasteiger partial charge in [0.15, 0.2) is 9.84 Å². The molecule has 7 heteroatoms. The smallest absolute Gasteiger partial charge is 0.151 e. The maximum absolute atomic E-state index is 11.3. The van der Waals surface area contributed by atoms with E-state index >= 15 is 0 Å². The topological polar surface area (TPSA) is 90.7 Å². The number of pyridine rings is 1. The molecular weight excluding hydrogens is 316 g/mol. The molecule has 6 nitrogen and oxygen atoms in total. The van der Waals surface area contributed by atoms with Gasteiger partial charge in [0, 0.05) is 31.0 Å². The van der Waals surface area contributed by atoms with E-state index in [1.54, 1.807) is 12.3 Å². The van der Waals surface area contributed by atoms with E-state index in [1.165, 1.54) is 6.26 Å². The number of aliphatic hydroxyl groups excluding tert-OH is 2. The summed E-state index contributed by atoms with van der Waals surface area (Å²) < 4.78 is 22.7. The molecule has 2 N–H and O–H groups in total. The van der Waals surface area contributed by atoms with Gasteiger partial charge in [-0.25, -0.2) is 13.4 Å². The summed E-state index contributed by atoms with van der Waals surface area (Å²) in [5.74, 6) is 0.734. The fourth-order valence-electron chi connectivity index (χ4n) is 3.31. The van der Waals surface area contributed by atoms with Crippen LogP contribution in [0.25, 0.3) is 0 Å². The maximum Gasteiger partial charge on any atom is 0.151 e. The molecule has 2 atom stereocenters. The molecular formula is C16H26N2O4S. The predicted molar refractivity (Wildman–Crippen MR) is 90.0 cm³/mol. The number of hydrogen-bond acceptors (Lipinski definition) is 6.